The number of rotatable bonds is 4. The molecule has 1 atom stereocenters. The van der Waals surface area contributed by atoms with E-state index in [-0.39, 0.29) is 30.3 Å². The van der Waals surface area contributed by atoms with E-state index in [1.54, 1.807) is 0 Å². The fourth-order valence-corrected chi connectivity index (χ4v) is 2.89. The van der Waals surface area contributed by atoms with Gasteiger partial charge in [-0.05, 0) is 18.4 Å². The van der Waals surface area contributed by atoms with Gasteiger partial charge in [-0.25, -0.2) is 0 Å². The van der Waals surface area contributed by atoms with Crippen molar-refractivity contribution in [1.29, 1.82) is 0 Å². The predicted octanol–water partition coefficient (Wildman–Crippen LogP) is 0.642. The summed E-state index contributed by atoms with van der Waals surface area (Å²) in [4.78, 5) is 25.2. The van der Waals surface area contributed by atoms with Crippen LogP contribution < -0.4 is 11.1 Å². The van der Waals surface area contributed by atoms with Crippen LogP contribution in [0.4, 0.5) is 0 Å². The van der Waals surface area contributed by atoms with Crippen molar-refractivity contribution in [2.24, 2.45) is 5.73 Å². The molecular formula is C16H23N3O2. The van der Waals surface area contributed by atoms with Crippen molar-refractivity contribution in [2.45, 2.75) is 25.2 Å². The molecule has 0 aliphatic carbocycles. The van der Waals surface area contributed by atoms with E-state index in [1.165, 1.54) is 5.56 Å². The Morgan fingerprint density at radius 1 is 1.33 bits per heavy atom. The number of piperidine rings is 1. The molecule has 1 saturated heterocycles. The molecule has 0 aromatic heterocycles. The zero-order chi connectivity index (χ0) is 15.3. The van der Waals surface area contributed by atoms with Gasteiger partial charge in [0.2, 0.25) is 11.8 Å². The lowest BCUT2D eigenvalue weighted by molar-refractivity contribution is -0.134. The third kappa shape index (κ3) is 3.82. The molecule has 2 rings (SSSR count). The van der Waals surface area contributed by atoms with Gasteiger partial charge in [-0.1, -0.05) is 37.3 Å². The standard InChI is InChI=1S/C16H23N3O2/c1-16(13-6-3-2-4-7-13)8-5-9-19(12-16)15(21)11-18-14(20)10-17/h2-4,6-7H,5,8-12,17H2,1H3,(H,18,20). The summed E-state index contributed by atoms with van der Waals surface area (Å²) in [6.45, 7) is 3.57. The fourth-order valence-electron chi connectivity index (χ4n) is 2.89. The zero-order valence-electron chi connectivity index (χ0n) is 12.5. The van der Waals surface area contributed by atoms with E-state index in [1.807, 2.05) is 23.1 Å². The Hall–Kier alpha value is -1.88. The maximum atomic E-state index is 12.2. The van der Waals surface area contributed by atoms with E-state index in [9.17, 15) is 9.59 Å². The van der Waals surface area contributed by atoms with E-state index in [4.69, 9.17) is 5.73 Å². The Morgan fingerprint density at radius 2 is 2.05 bits per heavy atom. The van der Waals surface area contributed by atoms with Gasteiger partial charge in [0.05, 0.1) is 13.1 Å². The number of carbonyl (C=O) groups is 2. The summed E-state index contributed by atoms with van der Waals surface area (Å²) in [5, 5.41) is 2.54. The molecule has 2 amide bonds. The van der Waals surface area contributed by atoms with E-state index >= 15 is 0 Å². The summed E-state index contributed by atoms with van der Waals surface area (Å²) in [5.41, 5.74) is 6.46. The number of likely N-dealkylation sites (tertiary alicyclic amines) is 1. The Bertz CT molecular complexity index is 504. The summed E-state index contributed by atoms with van der Waals surface area (Å²) in [6, 6.07) is 10.3. The third-order valence-corrected chi connectivity index (χ3v) is 4.14. The normalized spacial score (nSPS) is 21.9. The molecular weight excluding hydrogens is 266 g/mol. The maximum Gasteiger partial charge on any atom is 0.241 e. The Labute approximate surface area is 125 Å². The molecule has 5 nitrogen and oxygen atoms in total. The van der Waals surface area contributed by atoms with Crippen LogP contribution in [0.1, 0.15) is 25.3 Å². The Kier molecular flexibility index (Phi) is 4.96. The SMILES string of the molecule is CC1(c2ccccc2)CCCN(C(=O)CNC(=O)CN)C1. The molecule has 0 radical (unpaired) electrons. The van der Waals surface area contributed by atoms with Crippen LogP contribution >= 0.6 is 0 Å². The van der Waals surface area contributed by atoms with Gasteiger partial charge in [0.25, 0.3) is 0 Å². The lowest BCUT2D eigenvalue weighted by atomic mass is 9.76. The topological polar surface area (TPSA) is 75.4 Å². The molecule has 1 aliphatic rings. The molecule has 1 aromatic carbocycles. The molecule has 1 unspecified atom stereocenters. The number of carbonyl (C=O) groups excluding carboxylic acids is 2. The van der Waals surface area contributed by atoms with Gasteiger partial charge in [-0.2, -0.15) is 0 Å². The van der Waals surface area contributed by atoms with Gasteiger partial charge in [0.15, 0.2) is 0 Å². The van der Waals surface area contributed by atoms with Crippen LogP contribution in [0.5, 0.6) is 0 Å². The van der Waals surface area contributed by atoms with Crippen LogP contribution in [0.2, 0.25) is 0 Å². The average molecular weight is 289 g/mol. The lowest BCUT2D eigenvalue weighted by Gasteiger charge is -2.41. The Balaban J connectivity index is 2.00. The number of nitrogens with two attached hydrogens (primary N) is 1. The minimum atomic E-state index is -0.300. The van der Waals surface area contributed by atoms with E-state index in [0.29, 0.717) is 6.54 Å². The second-order valence-electron chi connectivity index (χ2n) is 5.83. The van der Waals surface area contributed by atoms with Crippen LogP contribution in [0.15, 0.2) is 30.3 Å². The molecule has 1 fully saturated rings. The molecule has 1 heterocycles. The van der Waals surface area contributed by atoms with Crippen molar-refractivity contribution in [3.8, 4) is 0 Å². The van der Waals surface area contributed by atoms with Crippen molar-refractivity contribution in [3.05, 3.63) is 35.9 Å². The molecule has 1 aromatic rings. The first-order valence-corrected chi connectivity index (χ1v) is 7.35. The molecule has 1 aliphatic heterocycles. The van der Waals surface area contributed by atoms with Gasteiger partial charge in [0, 0.05) is 18.5 Å². The largest absolute Gasteiger partial charge is 0.346 e. The number of nitrogens with one attached hydrogen (secondary N) is 1. The lowest BCUT2D eigenvalue weighted by Crippen LogP contribution is -2.50. The van der Waals surface area contributed by atoms with Gasteiger partial charge in [0.1, 0.15) is 0 Å². The number of hydrogen-bond acceptors (Lipinski definition) is 3. The highest BCUT2D eigenvalue weighted by Crippen LogP contribution is 2.33. The quantitative estimate of drug-likeness (QED) is 0.854. The van der Waals surface area contributed by atoms with Crippen LogP contribution in [0.3, 0.4) is 0 Å². The maximum absolute atomic E-state index is 12.2. The first-order chi connectivity index (χ1) is 10.0. The summed E-state index contributed by atoms with van der Waals surface area (Å²) in [6.07, 6.45) is 2.04. The van der Waals surface area contributed by atoms with E-state index in [0.717, 1.165) is 19.4 Å². The van der Waals surface area contributed by atoms with E-state index < -0.39 is 0 Å². The molecule has 0 saturated carbocycles. The highest BCUT2D eigenvalue weighted by molar-refractivity contribution is 5.85. The second kappa shape index (κ2) is 6.72. The van der Waals surface area contributed by atoms with Crippen molar-refractivity contribution in [3.63, 3.8) is 0 Å². The number of hydrogen-bond donors (Lipinski definition) is 2. The summed E-state index contributed by atoms with van der Waals surface area (Å²) >= 11 is 0. The predicted molar refractivity (Wildman–Crippen MR) is 81.7 cm³/mol. The smallest absolute Gasteiger partial charge is 0.241 e. The van der Waals surface area contributed by atoms with Gasteiger partial charge in [-0.15, -0.1) is 0 Å². The van der Waals surface area contributed by atoms with Crippen LogP contribution in [-0.4, -0.2) is 42.9 Å². The molecule has 114 valence electrons. The van der Waals surface area contributed by atoms with Crippen LogP contribution in [0, 0.1) is 0 Å². The minimum absolute atomic E-state index is 0.0208. The zero-order valence-corrected chi connectivity index (χ0v) is 12.5. The molecule has 0 bridgehead atoms. The van der Waals surface area contributed by atoms with Crippen molar-refractivity contribution in [2.75, 3.05) is 26.2 Å². The monoisotopic (exact) mass is 289 g/mol. The van der Waals surface area contributed by atoms with Gasteiger partial charge < -0.3 is 16.0 Å². The van der Waals surface area contributed by atoms with Crippen molar-refractivity contribution >= 4 is 11.8 Å². The average Bonchev–Trinajstić information content (AvgIpc) is 2.53. The molecule has 21 heavy (non-hydrogen) atoms. The van der Waals surface area contributed by atoms with Crippen molar-refractivity contribution < 1.29 is 9.59 Å². The minimum Gasteiger partial charge on any atom is -0.346 e. The van der Waals surface area contributed by atoms with Gasteiger partial charge in [-0.3, -0.25) is 9.59 Å². The number of nitrogens with zero attached hydrogens (tertiary/aromatic N) is 1. The first-order valence-electron chi connectivity index (χ1n) is 7.35. The number of benzene rings is 1. The highest BCUT2D eigenvalue weighted by atomic mass is 16.2. The van der Waals surface area contributed by atoms with Crippen LogP contribution in [0.25, 0.3) is 0 Å². The first kappa shape index (κ1) is 15.5. The fraction of sp³-hybridized carbons (Fsp3) is 0.500. The van der Waals surface area contributed by atoms with Crippen molar-refractivity contribution in [1.82, 2.24) is 10.2 Å². The molecule has 5 heteroatoms. The second-order valence-corrected chi connectivity index (χ2v) is 5.83. The van der Waals surface area contributed by atoms with Gasteiger partial charge >= 0.3 is 0 Å². The number of amides is 2. The third-order valence-electron chi connectivity index (χ3n) is 4.14. The highest BCUT2D eigenvalue weighted by Gasteiger charge is 2.34. The van der Waals surface area contributed by atoms with E-state index in [2.05, 4.69) is 24.4 Å². The summed E-state index contributed by atoms with van der Waals surface area (Å²) in [5.74, 6) is -0.343. The molecule has 3 N–H and O–H groups in total. The Morgan fingerprint density at radius 3 is 2.71 bits per heavy atom. The van der Waals surface area contributed by atoms with Crippen LogP contribution in [-0.2, 0) is 15.0 Å². The molecule has 0 spiro atoms. The summed E-state index contributed by atoms with van der Waals surface area (Å²) in [7, 11) is 0. The summed E-state index contributed by atoms with van der Waals surface area (Å²) < 4.78 is 0.